The van der Waals surface area contributed by atoms with Crippen LogP contribution in [0, 0.1) is 5.92 Å². The lowest BCUT2D eigenvalue weighted by Gasteiger charge is -2.24. The number of nitrogens with zero attached hydrogens (tertiary/aromatic N) is 1. The number of ether oxygens (including phenoxy) is 1. The lowest BCUT2D eigenvalue weighted by molar-refractivity contribution is 0.0289. The van der Waals surface area contributed by atoms with Crippen LogP contribution in [0.5, 0.6) is 0 Å². The highest BCUT2D eigenvalue weighted by Crippen LogP contribution is 2.20. The zero-order chi connectivity index (χ0) is 13.3. The maximum Gasteiger partial charge on any atom is 0.410 e. The van der Waals surface area contributed by atoms with Gasteiger partial charge in [0.2, 0.25) is 0 Å². The standard InChI is InChI=1S/C10H19NO5S/c1-10(2,3)16-9(12)11-5-4-8(6-11)7-17(13,14)15/h8H,4-7H2,1-3H3,(H,13,14,15)/t8-/m0/s1. The van der Waals surface area contributed by atoms with Crippen LogP contribution in [0.2, 0.25) is 0 Å². The molecule has 1 aliphatic rings. The van der Waals surface area contributed by atoms with Crippen molar-refractivity contribution in [2.24, 2.45) is 5.92 Å². The molecule has 0 aromatic carbocycles. The first-order chi connectivity index (χ1) is 7.57. The van der Waals surface area contributed by atoms with E-state index in [1.165, 1.54) is 4.90 Å². The van der Waals surface area contributed by atoms with Crippen LogP contribution in [-0.2, 0) is 14.9 Å². The van der Waals surface area contributed by atoms with Crippen molar-refractivity contribution in [2.75, 3.05) is 18.8 Å². The monoisotopic (exact) mass is 265 g/mol. The first-order valence-electron chi connectivity index (χ1n) is 5.50. The molecule has 0 spiro atoms. The van der Waals surface area contributed by atoms with E-state index < -0.39 is 21.8 Å². The van der Waals surface area contributed by atoms with Crippen LogP contribution >= 0.6 is 0 Å². The van der Waals surface area contributed by atoms with E-state index in [0.29, 0.717) is 19.5 Å². The number of carbonyl (C=O) groups is 1. The Morgan fingerprint density at radius 1 is 1.47 bits per heavy atom. The Balaban J connectivity index is 2.48. The molecule has 1 saturated heterocycles. The van der Waals surface area contributed by atoms with Crippen molar-refractivity contribution in [3.63, 3.8) is 0 Å². The number of carbonyl (C=O) groups excluding carboxylic acids is 1. The molecule has 0 bridgehead atoms. The number of amides is 1. The van der Waals surface area contributed by atoms with Gasteiger partial charge in [-0.15, -0.1) is 0 Å². The Bertz CT molecular complexity index is 384. The molecule has 100 valence electrons. The van der Waals surface area contributed by atoms with Gasteiger partial charge >= 0.3 is 6.09 Å². The van der Waals surface area contributed by atoms with Gasteiger partial charge in [-0.1, -0.05) is 0 Å². The van der Waals surface area contributed by atoms with Crippen LogP contribution in [0.15, 0.2) is 0 Å². The molecule has 0 aromatic rings. The fourth-order valence-electron chi connectivity index (χ4n) is 1.76. The van der Waals surface area contributed by atoms with Crippen molar-refractivity contribution >= 4 is 16.2 Å². The second-order valence-corrected chi connectivity index (χ2v) is 6.83. The van der Waals surface area contributed by atoms with Crippen LogP contribution < -0.4 is 0 Å². The fraction of sp³-hybridized carbons (Fsp3) is 0.900. The van der Waals surface area contributed by atoms with Gasteiger partial charge in [0.1, 0.15) is 5.60 Å². The third-order valence-electron chi connectivity index (χ3n) is 2.38. The molecule has 0 saturated carbocycles. The lowest BCUT2D eigenvalue weighted by Crippen LogP contribution is -2.35. The van der Waals surface area contributed by atoms with E-state index in [-0.39, 0.29) is 11.7 Å². The summed E-state index contributed by atoms with van der Waals surface area (Å²) in [5.74, 6) is -0.510. The average molecular weight is 265 g/mol. The quantitative estimate of drug-likeness (QED) is 0.757. The molecule has 7 heteroatoms. The Morgan fingerprint density at radius 2 is 2.06 bits per heavy atom. The minimum absolute atomic E-state index is 0.211. The van der Waals surface area contributed by atoms with Crippen LogP contribution in [0.3, 0.4) is 0 Å². The fourth-order valence-corrected chi connectivity index (χ4v) is 2.63. The molecule has 1 amide bonds. The van der Waals surface area contributed by atoms with Crippen molar-refractivity contribution in [1.29, 1.82) is 0 Å². The van der Waals surface area contributed by atoms with Crippen LogP contribution in [0.4, 0.5) is 4.79 Å². The highest BCUT2D eigenvalue weighted by Gasteiger charge is 2.31. The number of hydrogen-bond donors (Lipinski definition) is 1. The molecular weight excluding hydrogens is 246 g/mol. The van der Waals surface area contributed by atoms with Gasteiger partial charge in [0.25, 0.3) is 10.1 Å². The Morgan fingerprint density at radius 3 is 2.53 bits per heavy atom. The van der Waals surface area contributed by atoms with E-state index in [1.807, 2.05) is 0 Å². The van der Waals surface area contributed by atoms with Crippen molar-refractivity contribution < 1.29 is 22.5 Å². The van der Waals surface area contributed by atoms with Crippen LogP contribution in [0.25, 0.3) is 0 Å². The van der Waals surface area contributed by atoms with Crippen molar-refractivity contribution in [3.05, 3.63) is 0 Å². The van der Waals surface area contributed by atoms with Gasteiger partial charge in [0.15, 0.2) is 0 Å². The smallest absolute Gasteiger partial charge is 0.410 e. The van der Waals surface area contributed by atoms with Gasteiger partial charge in [-0.2, -0.15) is 8.42 Å². The van der Waals surface area contributed by atoms with Gasteiger partial charge in [-0.05, 0) is 33.1 Å². The predicted molar refractivity (Wildman–Crippen MR) is 62.3 cm³/mol. The van der Waals surface area contributed by atoms with Crippen molar-refractivity contribution in [1.82, 2.24) is 4.90 Å². The number of likely N-dealkylation sites (tertiary alicyclic amines) is 1. The SMILES string of the molecule is CC(C)(C)OC(=O)N1CC[C@H](CS(=O)(=O)O)C1. The van der Waals surface area contributed by atoms with Gasteiger partial charge < -0.3 is 9.64 Å². The van der Waals surface area contributed by atoms with Gasteiger partial charge in [0, 0.05) is 13.1 Å². The molecular formula is C10H19NO5S. The number of rotatable bonds is 2. The van der Waals surface area contributed by atoms with E-state index >= 15 is 0 Å². The summed E-state index contributed by atoms with van der Waals surface area (Å²) in [4.78, 5) is 13.1. The van der Waals surface area contributed by atoms with Gasteiger partial charge in [-0.25, -0.2) is 4.79 Å². The highest BCUT2D eigenvalue weighted by atomic mass is 32.2. The summed E-state index contributed by atoms with van der Waals surface area (Å²) in [5, 5.41) is 0. The molecule has 1 N–H and O–H groups in total. The average Bonchev–Trinajstić information content (AvgIpc) is 2.45. The summed E-state index contributed by atoms with van der Waals surface area (Å²) in [5.41, 5.74) is -0.557. The second-order valence-electron chi connectivity index (χ2n) is 5.33. The Labute approximate surface area is 102 Å². The lowest BCUT2D eigenvalue weighted by atomic mass is 10.2. The first kappa shape index (κ1) is 14.2. The molecule has 0 aliphatic carbocycles. The third kappa shape index (κ3) is 5.36. The normalized spacial score (nSPS) is 21.6. The summed E-state index contributed by atoms with van der Waals surface area (Å²) in [7, 11) is -3.97. The summed E-state index contributed by atoms with van der Waals surface area (Å²) < 4.78 is 35.3. The Hall–Kier alpha value is -0.820. The molecule has 1 atom stereocenters. The molecule has 1 rings (SSSR count). The zero-order valence-electron chi connectivity index (χ0n) is 10.3. The largest absolute Gasteiger partial charge is 0.444 e. The Kier molecular flexibility index (Phi) is 4.03. The minimum atomic E-state index is -3.97. The molecule has 1 aliphatic heterocycles. The molecule has 1 fully saturated rings. The van der Waals surface area contributed by atoms with E-state index in [1.54, 1.807) is 20.8 Å². The van der Waals surface area contributed by atoms with E-state index in [0.717, 1.165) is 0 Å². The van der Waals surface area contributed by atoms with Crippen molar-refractivity contribution in [3.8, 4) is 0 Å². The molecule has 17 heavy (non-hydrogen) atoms. The highest BCUT2D eigenvalue weighted by molar-refractivity contribution is 7.85. The molecule has 0 aromatic heterocycles. The van der Waals surface area contributed by atoms with Gasteiger partial charge in [0.05, 0.1) is 5.75 Å². The van der Waals surface area contributed by atoms with E-state index in [9.17, 15) is 13.2 Å². The van der Waals surface area contributed by atoms with Crippen LogP contribution in [0.1, 0.15) is 27.2 Å². The van der Waals surface area contributed by atoms with E-state index in [4.69, 9.17) is 9.29 Å². The summed E-state index contributed by atoms with van der Waals surface area (Å²) in [6, 6.07) is 0. The van der Waals surface area contributed by atoms with Gasteiger partial charge in [-0.3, -0.25) is 4.55 Å². The third-order valence-corrected chi connectivity index (χ3v) is 3.28. The zero-order valence-corrected chi connectivity index (χ0v) is 11.2. The minimum Gasteiger partial charge on any atom is -0.444 e. The number of hydrogen-bond acceptors (Lipinski definition) is 4. The maximum atomic E-state index is 11.7. The summed E-state index contributed by atoms with van der Waals surface area (Å²) in [6.45, 7) is 6.10. The summed E-state index contributed by atoms with van der Waals surface area (Å²) >= 11 is 0. The van der Waals surface area contributed by atoms with Crippen LogP contribution in [-0.4, -0.2) is 48.4 Å². The molecule has 0 unspecified atom stereocenters. The topological polar surface area (TPSA) is 83.9 Å². The second kappa shape index (κ2) is 4.81. The molecule has 6 nitrogen and oxygen atoms in total. The molecule has 1 heterocycles. The summed E-state index contributed by atoms with van der Waals surface area (Å²) in [6.07, 6.45) is 0.134. The predicted octanol–water partition coefficient (Wildman–Crippen LogP) is 1.13. The van der Waals surface area contributed by atoms with E-state index in [2.05, 4.69) is 0 Å². The molecule has 0 radical (unpaired) electrons. The van der Waals surface area contributed by atoms with Crippen molar-refractivity contribution in [2.45, 2.75) is 32.8 Å². The maximum absolute atomic E-state index is 11.7. The first-order valence-corrected chi connectivity index (χ1v) is 7.11.